The number of aromatic nitrogens is 3. The fourth-order valence-corrected chi connectivity index (χ4v) is 2.50. The molecule has 3 rings (SSSR count). The lowest BCUT2D eigenvalue weighted by Gasteiger charge is -2.16. The van der Waals surface area contributed by atoms with Crippen molar-refractivity contribution in [1.82, 2.24) is 15.0 Å². The van der Waals surface area contributed by atoms with E-state index in [1.54, 1.807) is 6.20 Å². The highest BCUT2D eigenvalue weighted by molar-refractivity contribution is 5.76. The van der Waals surface area contributed by atoms with Gasteiger partial charge in [-0.25, -0.2) is 9.97 Å². The summed E-state index contributed by atoms with van der Waals surface area (Å²) in [5.74, 6) is 1.50. The van der Waals surface area contributed by atoms with Gasteiger partial charge in [0, 0.05) is 43.2 Å². The molecule has 0 aliphatic heterocycles. The topological polar surface area (TPSA) is 61.9 Å². The molecule has 1 aromatic carbocycles. The first kappa shape index (κ1) is 15.0. The van der Waals surface area contributed by atoms with Crippen LogP contribution in [0.15, 0.2) is 53.5 Å². The number of anilines is 1. The van der Waals surface area contributed by atoms with Crippen molar-refractivity contribution >= 4 is 5.82 Å². The smallest absolute Gasteiger partial charge is 0.251 e. The molecule has 0 fully saturated rings. The molecule has 116 valence electrons. The molecule has 0 saturated carbocycles. The van der Waals surface area contributed by atoms with Crippen molar-refractivity contribution in [3.63, 3.8) is 0 Å². The van der Waals surface area contributed by atoms with Crippen LogP contribution in [0, 0.1) is 6.92 Å². The maximum Gasteiger partial charge on any atom is 0.251 e. The van der Waals surface area contributed by atoms with Gasteiger partial charge in [0.25, 0.3) is 5.56 Å². The third-order valence-electron chi connectivity index (χ3n) is 3.55. The summed E-state index contributed by atoms with van der Waals surface area (Å²) in [7, 11) is 3.95. The minimum Gasteiger partial charge on any atom is -0.362 e. The maximum atomic E-state index is 11.6. The first-order chi connectivity index (χ1) is 11.0. The van der Waals surface area contributed by atoms with Crippen LogP contribution >= 0.6 is 0 Å². The van der Waals surface area contributed by atoms with Crippen molar-refractivity contribution in [2.45, 2.75) is 6.92 Å². The van der Waals surface area contributed by atoms with Crippen LogP contribution in [0.3, 0.4) is 0 Å². The van der Waals surface area contributed by atoms with Gasteiger partial charge in [-0.1, -0.05) is 24.3 Å². The van der Waals surface area contributed by atoms with Gasteiger partial charge in [0.2, 0.25) is 0 Å². The Morgan fingerprint density at radius 1 is 1.04 bits per heavy atom. The molecule has 2 heterocycles. The van der Waals surface area contributed by atoms with Gasteiger partial charge in [-0.15, -0.1) is 0 Å². The van der Waals surface area contributed by atoms with E-state index in [-0.39, 0.29) is 5.56 Å². The van der Waals surface area contributed by atoms with Crippen LogP contribution < -0.4 is 10.5 Å². The van der Waals surface area contributed by atoms with Crippen LogP contribution in [0.25, 0.3) is 22.5 Å². The fourth-order valence-electron chi connectivity index (χ4n) is 2.50. The van der Waals surface area contributed by atoms with Crippen LogP contribution in [-0.4, -0.2) is 29.0 Å². The molecule has 0 aliphatic carbocycles. The lowest BCUT2D eigenvalue weighted by Crippen LogP contribution is -2.11. The summed E-state index contributed by atoms with van der Waals surface area (Å²) in [5.41, 5.74) is 3.58. The van der Waals surface area contributed by atoms with E-state index in [9.17, 15) is 4.79 Å². The van der Waals surface area contributed by atoms with Gasteiger partial charge in [0.15, 0.2) is 0 Å². The van der Waals surface area contributed by atoms with Gasteiger partial charge >= 0.3 is 0 Å². The molecule has 1 N–H and O–H groups in total. The predicted octanol–water partition coefficient (Wildman–Crippen LogP) is 2.87. The number of rotatable bonds is 3. The molecule has 0 spiro atoms. The number of pyridine rings is 1. The van der Waals surface area contributed by atoms with E-state index in [0.29, 0.717) is 11.5 Å². The molecule has 2 aromatic heterocycles. The van der Waals surface area contributed by atoms with Crippen molar-refractivity contribution in [2.24, 2.45) is 0 Å². The maximum absolute atomic E-state index is 11.6. The Morgan fingerprint density at radius 3 is 2.39 bits per heavy atom. The molecule has 0 atom stereocenters. The van der Waals surface area contributed by atoms with Crippen molar-refractivity contribution in [3.05, 3.63) is 64.7 Å². The quantitative estimate of drug-likeness (QED) is 0.808. The largest absolute Gasteiger partial charge is 0.362 e. The van der Waals surface area contributed by atoms with Crippen molar-refractivity contribution in [1.29, 1.82) is 0 Å². The van der Waals surface area contributed by atoms with Crippen LogP contribution in [0.4, 0.5) is 5.82 Å². The molecule has 5 heteroatoms. The second kappa shape index (κ2) is 6.04. The summed E-state index contributed by atoms with van der Waals surface area (Å²) in [5, 5.41) is 0. The first-order valence-corrected chi connectivity index (χ1v) is 7.36. The van der Waals surface area contributed by atoms with Crippen LogP contribution in [0.1, 0.15) is 5.69 Å². The number of aromatic amines is 1. The number of nitrogens with one attached hydrogen (secondary N) is 1. The van der Waals surface area contributed by atoms with E-state index in [0.717, 1.165) is 22.5 Å². The number of benzene rings is 1. The molecule has 0 aliphatic rings. The van der Waals surface area contributed by atoms with Gasteiger partial charge < -0.3 is 9.88 Å². The molecular weight excluding hydrogens is 288 g/mol. The van der Waals surface area contributed by atoms with E-state index in [1.807, 2.05) is 62.3 Å². The third kappa shape index (κ3) is 3.13. The molecule has 3 aromatic rings. The Bertz CT molecular complexity index is 882. The second-order valence-corrected chi connectivity index (χ2v) is 5.58. The Labute approximate surface area is 134 Å². The summed E-state index contributed by atoms with van der Waals surface area (Å²) in [6, 6.07) is 13.4. The van der Waals surface area contributed by atoms with E-state index >= 15 is 0 Å². The fraction of sp³-hybridized carbons (Fsp3) is 0.167. The third-order valence-corrected chi connectivity index (χ3v) is 3.55. The van der Waals surface area contributed by atoms with Gasteiger partial charge in [-0.3, -0.25) is 4.79 Å². The van der Waals surface area contributed by atoms with Crippen molar-refractivity contribution in [3.8, 4) is 22.5 Å². The number of hydrogen-bond acceptors (Lipinski definition) is 4. The van der Waals surface area contributed by atoms with E-state index in [2.05, 4.69) is 15.0 Å². The highest BCUT2D eigenvalue weighted by atomic mass is 16.1. The minimum absolute atomic E-state index is 0.140. The van der Waals surface area contributed by atoms with Gasteiger partial charge in [0.05, 0.1) is 0 Å². The second-order valence-electron chi connectivity index (χ2n) is 5.58. The lowest BCUT2D eigenvalue weighted by atomic mass is 10.0. The zero-order valence-corrected chi connectivity index (χ0v) is 13.4. The number of hydrogen-bond donors (Lipinski definition) is 1. The van der Waals surface area contributed by atoms with E-state index in [4.69, 9.17) is 0 Å². The van der Waals surface area contributed by atoms with Crippen LogP contribution in [0.5, 0.6) is 0 Å². The zero-order chi connectivity index (χ0) is 16.4. The Balaban J connectivity index is 2.02. The monoisotopic (exact) mass is 306 g/mol. The molecular formula is C18H18N4O. The molecule has 0 saturated heterocycles. The molecule has 0 amide bonds. The minimum atomic E-state index is -0.140. The van der Waals surface area contributed by atoms with Gasteiger partial charge in [-0.2, -0.15) is 0 Å². The summed E-state index contributed by atoms with van der Waals surface area (Å²) in [6.07, 6.45) is 1.79. The number of aryl methyl sites for hydroxylation is 1. The average molecular weight is 306 g/mol. The molecule has 0 radical (unpaired) electrons. The van der Waals surface area contributed by atoms with E-state index in [1.165, 1.54) is 6.07 Å². The first-order valence-electron chi connectivity index (χ1n) is 7.36. The lowest BCUT2D eigenvalue weighted by molar-refractivity contribution is 1.07. The summed E-state index contributed by atoms with van der Waals surface area (Å²) < 4.78 is 0. The van der Waals surface area contributed by atoms with Gasteiger partial charge in [0.1, 0.15) is 11.6 Å². The van der Waals surface area contributed by atoms with Crippen molar-refractivity contribution < 1.29 is 0 Å². The van der Waals surface area contributed by atoms with Gasteiger partial charge in [-0.05, 0) is 24.6 Å². The highest BCUT2D eigenvalue weighted by Crippen LogP contribution is 2.28. The highest BCUT2D eigenvalue weighted by Gasteiger charge is 2.08. The number of H-pyrrole nitrogens is 1. The average Bonchev–Trinajstić information content (AvgIpc) is 2.54. The van der Waals surface area contributed by atoms with E-state index < -0.39 is 0 Å². The zero-order valence-electron chi connectivity index (χ0n) is 13.4. The van der Waals surface area contributed by atoms with Crippen LogP contribution in [-0.2, 0) is 0 Å². The standard InChI is InChI=1S/C18H18N4O/c1-12-11-16(23)21-17(20-12)14-8-6-13(7-9-14)15-5-4-10-19-18(15)22(2)3/h4-11H,1-3H3,(H,20,21,23). The van der Waals surface area contributed by atoms with Crippen molar-refractivity contribution in [2.75, 3.05) is 19.0 Å². The Kier molecular flexibility index (Phi) is 3.93. The summed E-state index contributed by atoms with van der Waals surface area (Å²) in [4.78, 5) is 25.1. The summed E-state index contributed by atoms with van der Waals surface area (Å²) in [6.45, 7) is 1.81. The predicted molar refractivity (Wildman–Crippen MR) is 92.6 cm³/mol. The molecule has 0 unspecified atom stereocenters. The Hall–Kier alpha value is -2.95. The summed E-state index contributed by atoms with van der Waals surface area (Å²) >= 11 is 0. The molecule has 0 bridgehead atoms. The SMILES string of the molecule is Cc1cc(=O)[nH]c(-c2ccc(-c3cccnc3N(C)C)cc2)n1. The Morgan fingerprint density at radius 2 is 1.74 bits per heavy atom. The molecule has 23 heavy (non-hydrogen) atoms. The number of nitrogens with zero attached hydrogens (tertiary/aromatic N) is 3. The molecule has 5 nitrogen and oxygen atoms in total. The normalized spacial score (nSPS) is 10.6. The van der Waals surface area contributed by atoms with Crippen LogP contribution in [0.2, 0.25) is 0 Å².